The number of pyridine rings is 1. The molecule has 1 aromatic rings. The Morgan fingerprint density at radius 2 is 2.11 bits per heavy atom. The van der Waals surface area contributed by atoms with Crippen molar-refractivity contribution in [3.63, 3.8) is 0 Å². The Labute approximate surface area is 111 Å². The van der Waals surface area contributed by atoms with Crippen molar-refractivity contribution in [1.82, 2.24) is 4.98 Å². The van der Waals surface area contributed by atoms with E-state index in [9.17, 15) is 10.1 Å². The minimum Gasteiger partial charge on any atom is -0.370 e. The third kappa shape index (κ3) is 3.57. The first-order chi connectivity index (χ1) is 8.65. The van der Waals surface area contributed by atoms with Crippen molar-refractivity contribution in [1.29, 1.82) is 0 Å². The molecule has 0 radical (unpaired) electrons. The minimum absolute atomic E-state index is 0.0267. The molecular weight excluding hydrogens is 254 g/mol. The van der Waals surface area contributed by atoms with Gasteiger partial charge in [0.15, 0.2) is 0 Å². The number of nitro groups is 1. The van der Waals surface area contributed by atoms with Gasteiger partial charge in [0.25, 0.3) is 5.69 Å². The summed E-state index contributed by atoms with van der Waals surface area (Å²) in [6.07, 6.45) is 6.30. The molecule has 2 rings (SSSR count). The molecule has 1 saturated carbocycles. The summed E-state index contributed by atoms with van der Waals surface area (Å²) in [7, 11) is 0. The van der Waals surface area contributed by atoms with Gasteiger partial charge in [-0.25, -0.2) is 4.98 Å². The second kappa shape index (κ2) is 6.00. The van der Waals surface area contributed by atoms with Gasteiger partial charge in [0.1, 0.15) is 11.0 Å². The van der Waals surface area contributed by atoms with Crippen LogP contribution in [0.5, 0.6) is 0 Å². The van der Waals surface area contributed by atoms with Crippen LogP contribution >= 0.6 is 11.6 Å². The molecular formula is C12H16ClN3O2. The molecule has 1 heterocycles. The second-order valence-electron chi connectivity index (χ2n) is 4.68. The molecule has 0 amide bonds. The zero-order valence-corrected chi connectivity index (χ0v) is 10.8. The lowest BCUT2D eigenvalue weighted by molar-refractivity contribution is -0.384. The molecule has 1 fully saturated rings. The van der Waals surface area contributed by atoms with Crippen molar-refractivity contribution in [2.75, 3.05) is 11.9 Å². The Balaban J connectivity index is 1.97. The van der Waals surface area contributed by atoms with Crippen LogP contribution in [0.2, 0.25) is 5.15 Å². The lowest BCUT2D eigenvalue weighted by atomic mass is 9.89. The summed E-state index contributed by atoms with van der Waals surface area (Å²) < 4.78 is 0. The Kier molecular flexibility index (Phi) is 4.36. The molecule has 0 aliphatic heterocycles. The highest BCUT2D eigenvalue weighted by atomic mass is 35.5. The van der Waals surface area contributed by atoms with Gasteiger partial charge in [0, 0.05) is 6.54 Å². The number of aromatic nitrogens is 1. The number of hydrogen-bond donors (Lipinski definition) is 1. The highest BCUT2D eigenvalue weighted by Crippen LogP contribution is 2.25. The van der Waals surface area contributed by atoms with E-state index in [2.05, 4.69) is 10.3 Å². The number of halogens is 1. The maximum atomic E-state index is 10.7. The van der Waals surface area contributed by atoms with Crippen LogP contribution in [0, 0.1) is 16.0 Å². The van der Waals surface area contributed by atoms with E-state index in [1.807, 2.05) is 0 Å². The van der Waals surface area contributed by atoms with E-state index in [-0.39, 0.29) is 10.8 Å². The van der Waals surface area contributed by atoms with Crippen LogP contribution in [0.25, 0.3) is 0 Å². The van der Waals surface area contributed by atoms with E-state index in [1.54, 1.807) is 0 Å². The van der Waals surface area contributed by atoms with Gasteiger partial charge in [-0.2, -0.15) is 0 Å². The van der Waals surface area contributed by atoms with Crippen LogP contribution in [0.3, 0.4) is 0 Å². The highest BCUT2D eigenvalue weighted by Gasteiger charge is 2.14. The Hall–Kier alpha value is -1.36. The van der Waals surface area contributed by atoms with Crippen molar-refractivity contribution in [3.05, 3.63) is 27.4 Å². The molecule has 18 heavy (non-hydrogen) atoms. The normalized spacial score (nSPS) is 16.5. The quantitative estimate of drug-likeness (QED) is 0.515. The SMILES string of the molecule is O=[N+]([O-])c1cc(Cl)nc(NCC2CCCCC2)c1. The summed E-state index contributed by atoms with van der Waals surface area (Å²) in [5.74, 6) is 1.12. The summed E-state index contributed by atoms with van der Waals surface area (Å²) in [4.78, 5) is 14.3. The van der Waals surface area contributed by atoms with Crippen molar-refractivity contribution >= 4 is 23.1 Å². The summed E-state index contributed by atoms with van der Waals surface area (Å²) in [5, 5.41) is 14.0. The van der Waals surface area contributed by atoms with Gasteiger partial charge in [-0.05, 0) is 18.8 Å². The van der Waals surface area contributed by atoms with Crippen LogP contribution in [-0.4, -0.2) is 16.5 Å². The number of nitrogens with one attached hydrogen (secondary N) is 1. The fourth-order valence-electron chi connectivity index (χ4n) is 2.32. The van der Waals surface area contributed by atoms with E-state index in [1.165, 1.54) is 44.2 Å². The first-order valence-electron chi connectivity index (χ1n) is 6.21. The molecule has 5 nitrogen and oxygen atoms in total. The number of hydrogen-bond acceptors (Lipinski definition) is 4. The maximum Gasteiger partial charge on any atom is 0.276 e. The molecule has 6 heteroatoms. The zero-order chi connectivity index (χ0) is 13.0. The number of nitrogens with zero attached hydrogens (tertiary/aromatic N) is 2. The van der Waals surface area contributed by atoms with Crippen LogP contribution in [0.1, 0.15) is 32.1 Å². The third-order valence-corrected chi connectivity index (χ3v) is 3.48. The lowest BCUT2D eigenvalue weighted by Crippen LogP contribution is -2.17. The summed E-state index contributed by atoms with van der Waals surface area (Å²) in [6, 6.07) is 2.68. The first-order valence-corrected chi connectivity index (χ1v) is 6.59. The van der Waals surface area contributed by atoms with Crippen LogP contribution in [0.15, 0.2) is 12.1 Å². The van der Waals surface area contributed by atoms with Crippen molar-refractivity contribution in [2.24, 2.45) is 5.92 Å². The van der Waals surface area contributed by atoms with E-state index >= 15 is 0 Å². The summed E-state index contributed by atoms with van der Waals surface area (Å²) in [5.41, 5.74) is -0.0267. The largest absolute Gasteiger partial charge is 0.370 e. The molecule has 0 spiro atoms. The van der Waals surface area contributed by atoms with Crippen LogP contribution in [-0.2, 0) is 0 Å². The van der Waals surface area contributed by atoms with E-state index in [0.29, 0.717) is 11.7 Å². The Morgan fingerprint density at radius 3 is 2.78 bits per heavy atom. The van der Waals surface area contributed by atoms with Gasteiger partial charge < -0.3 is 5.32 Å². The predicted octanol–water partition coefficient (Wildman–Crippen LogP) is 3.64. The number of anilines is 1. The summed E-state index contributed by atoms with van der Waals surface area (Å²) >= 11 is 5.76. The fourth-order valence-corrected chi connectivity index (χ4v) is 2.52. The molecule has 0 atom stereocenters. The number of rotatable bonds is 4. The molecule has 1 aromatic heterocycles. The zero-order valence-electron chi connectivity index (χ0n) is 10.1. The van der Waals surface area contributed by atoms with Crippen molar-refractivity contribution in [2.45, 2.75) is 32.1 Å². The van der Waals surface area contributed by atoms with Crippen LogP contribution < -0.4 is 5.32 Å². The fraction of sp³-hybridized carbons (Fsp3) is 0.583. The topological polar surface area (TPSA) is 68.1 Å². The third-order valence-electron chi connectivity index (χ3n) is 3.29. The molecule has 1 aliphatic carbocycles. The standard InChI is InChI=1S/C12H16ClN3O2/c13-11-6-10(16(17)18)7-12(15-11)14-8-9-4-2-1-3-5-9/h6-7,9H,1-5,8H2,(H,14,15). The van der Waals surface area contributed by atoms with E-state index in [0.717, 1.165) is 6.54 Å². The monoisotopic (exact) mass is 269 g/mol. The van der Waals surface area contributed by atoms with E-state index < -0.39 is 4.92 Å². The van der Waals surface area contributed by atoms with Gasteiger partial charge in [-0.3, -0.25) is 10.1 Å². The highest BCUT2D eigenvalue weighted by molar-refractivity contribution is 6.29. The van der Waals surface area contributed by atoms with Crippen LogP contribution in [0.4, 0.5) is 11.5 Å². The minimum atomic E-state index is -0.459. The smallest absolute Gasteiger partial charge is 0.276 e. The molecule has 0 aromatic carbocycles. The lowest BCUT2D eigenvalue weighted by Gasteiger charge is -2.21. The van der Waals surface area contributed by atoms with Gasteiger partial charge >= 0.3 is 0 Å². The first kappa shape index (κ1) is 13.1. The molecule has 0 bridgehead atoms. The van der Waals surface area contributed by atoms with Gasteiger partial charge in [0.05, 0.1) is 17.1 Å². The molecule has 1 aliphatic rings. The van der Waals surface area contributed by atoms with Crippen molar-refractivity contribution < 1.29 is 4.92 Å². The van der Waals surface area contributed by atoms with Crippen molar-refractivity contribution in [3.8, 4) is 0 Å². The summed E-state index contributed by atoms with van der Waals surface area (Å²) in [6.45, 7) is 0.810. The molecule has 0 saturated heterocycles. The van der Waals surface area contributed by atoms with Gasteiger partial charge in [-0.1, -0.05) is 30.9 Å². The van der Waals surface area contributed by atoms with Gasteiger partial charge in [-0.15, -0.1) is 0 Å². The average molecular weight is 270 g/mol. The Morgan fingerprint density at radius 1 is 1.39 bits per heavy atom. The maximum absolute atomic E-state index is 10.7. The predicted molar refractivity (Wildman–Crippen MR) is 71.0 cm³/mol. The van der Waals surface area contributed by atoms with E-state index in [4.69, 9.17) is 11.6 Å². The molecule has 98 valence electrons. The second-order valence-corrected chi connectivity index (χ2v) is 5.06. The molecule has 1 N–H and O–H groups in total. The van der Waals surface area contributed by atoms with Gasteiger partial charge in [0.2, 0.25) is 0 Å². The Bertz CT molecular complexity index is 433. The average Bonchev–Trinajstić information content (AvgIpc) is 2.37. The molecule has 0 unspecified atom stereocenters.